The maximum atomic E-state index is 13.6. The lowest BCUT2D eigenvalue weighted by atomic mass is 9.92. The van der Waals surface area contributed by atoms with E-state index in [1.54, 1.807) is 12.3 Å². The van der Waals surface area contributed by atoms with Gasteiger partial charge in [-0.3, -0.25) is 16.3 Å². The van der Waals surface area contributed by atoms with Crippen molar-refractivity contribution >= 4 is 0 Å². The molecule has 0 radical (unpaired) electrons. The molecule has 1 saturated carbocycles. The number of hydrogen-bond donors (Lipinski definition) is 2. The van der Waals surface area contributed by atoms with Gasteiger partial charge in [0.05, 0.1) is 12.2 Å². The molecule has 1 heterocycles. The summed E-state index contributed by atoms with van der Waals surface area (Å²) in [6.07, 6.45) is 6.28. The number of hydrogen-bond acceptors (Lipinski definition) is 3. The molecule has 1 aromatic rings. The number of halogens is 1. The van der Waals surface area contributed by atoms with Crippen molar-refractivity contribution in [1.29, 1.82) is 0 Å². The average molecular weight is 223 g/mol. The fraction of sp³-hybridized carbons (Fsp3) is 0.583. The molecule has 0 amide bonds. The molecular formula is C12H18FN3. The first-order valence-corrected chi connectivity index (χ1v) is 5.78. The van der Waals surface area contributed by atoms with E-state index in [0.717, 1.165) is 12.8 Å². The van der Waals surface area contributed by atoms with Crippen LogP contribution < -0.4 is 11.3 Å². The molecule has 0 bridgehead atoms. The highest BCUT2D eigenvalue weighted by molar-refractivity contribution is 5.18. The fourth-order valence-electron chi connectivity index (χ4n) is 2.67. The smallest absolute Gasteiger partial charge is 0.146 e. The Labute approximate surface area is 95.2 Å². The number of nitrogens with one attached hydrogen (secondary N) is 1. The highest BCUT2D eigenvalue weighted by atomic mass is 19.1. The van der Waals surface area contributed by atoms with Gasteiger partial charge in [-0.2, -0.15) is 0 Å². The standard InChI is InChI=1S/C12H18FN3/c1-8-2-3-9(6-8)12(16-14)10-4-5-15-7-11(10)13/h4-5,7-9,12,16H,2-3,6,14H2,1H3. The van der Waals surface area contributed by atoms with Crippen LogP contribution in [0.15, 0.2) is 18.5 Å². The lowest BCUT2D eigenvalue weighted by Crippen LogP contribution is -2.33. The molecule has 16 heavy (non-hydrogen) atoms. The molecule has 3 atom stereocenters. The van der Waals surface area contributed by atoms with Crippen molar-refractivity contribution < 1.29 is 4.39 Å². The summed E-state index contributed by atoms with van der Waals surface area (Å²) >= 11 is 0. The van der Waals surface area contributed by atoms with Gasteiger partial charge in [0.25, 0.3) is 0 Å². The number of nitrogens with two attached hydrogens (primary N) is 1. The first kappa shape index (κ1) is 11.5. The maximum absolute atomic E-state index is 13.6. The van der Waals surface area contributed by atoms with Gasteiger partial charge >= 0.3 is 0 Å². The summed E-state index contributed by atoms with van der Waals surface area (Å²) < 4.78 is 13.6. The highest BCUT2D eigenvalue weighted by Crippen LogP contribution is 2.38. The lowest BCUT2D eigenvalue weighted by molar-refractivity contribution is 0.353. The molecule has 0 spiro atoms. The number of aromatic nitrogens is 1. The van der Waals surface area contributed by atoms with Crippen LogP contribution in [0.2, 0.25) is 0 Å². The van der Waals surface area contributed by atoms with Crippen molar-refractivity contribution in [1.82, 2.24) is 10.4 Å². The van der Waals surface area contributed by atoms with Crippen LogP contribution in [0.4, 0.5) is 4.39 Å². The third-order valence-corrected chi connectivity index (χ3v) is 3.53. The Kier molecular flexibility index (Phi) is 3.51. The molecule has 0 saturated heterocycles. The van der Waals surface area contributed by atoms with Crippen molar-refractivity contribution in [2.45, 2.75) is 32.2 Å². The normalized spacial score (nSPS) is 26.9. The van der Waals surface area contributed by atoms with Gasteiger partial charge in [0.2, 0.25) is 0 Å². The molecular weight excluding hydrogens is 205 g/mol. The number of hydrazine groups is 1. The number of rotatable bonds is 3. The van der Waals surface area contributed by atoms with E-state index in [4.69, 9.17) is 5.84 Å². The van der Waals surface area contributed by atoms with E-state index >= 15 is 0 Å². The van der Waals surface area contributed by atoms with Crippen LogP contribution in [0.5, 0.6) is 0 Å². The third-order valence-electron chi connectivity index (χ3n) is 3.53. The van der Waals surface area contributed by atoms with E-state index in [1.807, 2.05) is 0 Å². The van der Waals surface area contributed by atoms with Crippen LogP contribution in [0, 0.1) is 17.7 Å². The Morgan fingerprint density at radius 2 is 2.38 bits per heavy atom. The predicted molar refractivity (Wildman–Crippen MR) is 60.8 cm³/mol. The molecule has 3 N–H and O–H groups in total. The summed E-state index contributed by atoms with van der Waals surface area (Å²) in [6.45, 7) is 2.23. The van der Waals surface area contributed by atoms with Crippen LogP contribution in [-0.4, -0.2) is 4.98 Å². The molecule has 1 aliphatic rings. The van der Waals surface area contributed by atoms with E-state index < -0.39 is 0 Å². The fourth-order valence-corrected chi connectivity index (χ4v) is 2.67. The zero-order chi connectivity index (χ0) is 11.5. The second-order valence-corrected chi connectivity index (χ2v) is 4.72. The summed E-state index contributed by atoms with van der Waals surface area (Å²) in [4.78, 5) is 3.76. The first-order chi connectivity index (χ1) is 7.72. The van der Waals surface area contributed by atoms with Crippen molar-refractivity contribution in [3.05, 3.63) is 29.8 Å². The number of nitrogens with zero attached hydrogens (tertiary/aromatic N) is 1. The highest BCUT2D eigenvalue weighted by Gasteiger charge is 2.30. The molecule has 0 aliphatic heterocycles. The Morgan fingerprint density at radius 3 is 2.94 bits per heavy atom. The minimum Gasteiger partial charge on any atom is -0.271 e. The molecule has 3 unspecified atom stereocenters. The van der Waals surface area contributed by atoms with Gasteiger partial charge in [0, 0.05) is 11.8 Å². The van der Waals surface area contributed by atoms with Gasteiger partial charge in [0.15, 0.2) is 0 Å². The van der Waals surface area contributed by atoms with Crippen molar-refractivity contribution in [3.63, 3.8) is 0 Å². The van der Waals surface area contributed by atoms with Gasteiger partial charge < -0.3 is 0 Å². The largest absolute Gasteiger partial charge is 0.271 e. The average Bonchev–Trinajstić information content (AvgIpc) is 2.69. The SMILES string of the molecule is CC1CCC(C(NN)c2ccncc2F)C1. The van der Waals surface area contributed by atoms with Gasteiger partial charge in [-0.15, -0.1) is 0 Å². The van der Waals surface area contributed by atoms with Crippen molar-refractivity contribution in [2.24, 2.45) is 17.7 Å². The molecule has 1 aliphatic carbocycles. The summed E-state index contributed by atoms with van der Waals surface area (Å²) in [6, 6.07) is 1.62. The Hall–Kier alpha value is -1.00. The second kappa shape index (κ2) is 4.89. The maximum Gasteiger partial charge on any atom is 0.146 e. The van der Waals surface area contributed by atoms with Crippen molar-refractivity contribution in [3.8, 4) is 0 Å². The Balaban J connectivity index is 2.19. The third kappa shape index (κ3) is 2.23. The van der Waals surface area contributed by atoms with Gasteiger partial charge in [-0.25, -0.2) is 4.39 Å². The lowest BCUT2D eigenvalue weighted by Gasteiger charge is -2.23. The Morgan fingerprint density at radius 1 is 1.56 bits per heavy atom. The van der Waals surface area contributed by atoms with E-state index in [9.17, 15) is 4.39 Å². The van der Waals surface area contributed by atoms with Crippen LogP contribution in [0.1, 0.15) is 37.8 Å². The van der Waals surface area contributed by atoms with E-state index in [1.165, 1.54) is 12.6 Å². The topological polar surface area (TPSA) is 50.9 Å². The summed E-state index contributed by atoms with van der Waals surface area (Å²) in [5.74, 6) is 6.43. The van der Waals surface area contributed by atoms with Gasteiger partial charge in [-0.1, -0.05) is 13.3 Å². The van der Waals surface area contributed by atoms with Crippen LogP contribution in [0.25, 0.3) is 0 Å². The zero-order valence-electron chi connectivity index (χ0n) is 9.49. The number of pyridine rings is 1. The van der Waals surface area contributed by atoms with Crippen LogP contribution in [-0.2, 0) is 0 Å². The molecule has 3 nitrogen and oxygen atoms in total. The van der Waals surface area contributed by atoms with Gasteiger partial charge in [0.1, 0.15) is 5.82 Å². The van der Waals surface area contributed by atoms with Crippen LogP contribution in [0.3, 0.4) is 0 Å². The summed E-state index contributed by atoms with van der Waals surface area (Å²) in [5, 5.41) is 0. The summed E-state index contributed by atoms with van der Waals surface area (Å²) in [7, 11) is 0. The minimum atomic E-state index is -0.273. The van der Waals surface area contributed by atoms with Crippen LogP contribution >= 0.6 is 0 Å². The quantitative estimate of drug-likeness (QED) is 0.610. The molecule has 88 valence electrons. The van der Waals surface area contributed by atoms with Gasteiger partial charge in [-0.05, 0) is 30.7 Å². The molecule has 1 aromatic heterocycles. The van der Waals surface area contributed by atoms with Crippen molar-refractivity contribution in [2.75, 3.05) is 0 Å². The predicted octanol–water partition coefficient (Wildman–Crippen LogP) is 2.16. The van der Waals surface area contributed by atoms with E-state index in [0.29, 0.717) is 17.4 Å². The Bertz CT molecular complexity index is 356. The monoisotopic (exact) mass is 223 g/mol. The zero-order valence-corrected chi connectivity index (χ0v) is 9.49. The second-order valence-electron chi connectivity index (χ2n) is 4.72. The summed E-state index contributed by atoms with van der Waals surface area (Å²) in [5.41, 5.74) is 3.39. The minimum absolute atomic E-state index is 0.0899. The first-order valence-electron chi connectivity index (χ1n) is 5.78. The van der Waals surface area contributed by atoms with E-state index in [-0.39, 0.29) is 11.9 Å². The molecule has 2 rings (SSSR count). The van der Waals surface area contributed by atoms with E-state index in [2.05, 4.69) is 17.3 Å². The molecule has 0 aromatic carbocycles. The molecule has 1 fully saturated rings. The molecule has 4 heteroatoms.